The Hall–Kier alpha value is -7.03. The number of likely N-dealkylation sites (N-methyl/N-ethyl adjacent to an activating group) is 1. The van der Waals surface area contributed by atoms with E-state index < -0.39 is 83.2 Å². The van der Waals surface area contributed by atoms with Crippen LogP contribution in [-0.2, 0) is 45.1 Å². The molecule has 19 heteroatoms. The molecule has 0 radical (unpaired) electrons. The maximum atomic E-state index is 14.2. The summed E-state index contributed by atoms with van der Waals surface area (Å²) in [6, 6.07) is 21.1. The lowest BCUT2D eigenvalue weighted by Crippen LogP contribution is -2.51. The molecule has 64 heavy (non-hydrogen) atoms. The van der Waals surface area contributed by atoms with Gasteiger partial charge in [0.15, 0.2) is 0 Å². The standard InChI is InChI=1S/C45H39F4IN6O8/c1-53(32-8-12-34(63-2)13-9-32)42(59)36(20-26-16-28(46)22-29(47)17-26)51-40(57)24-54-38-6-4-5-7-39(38)55(45(62)44(54)61)25-41(58)52-37(21-27-18-30(48)23-31(49)19-27)43(60)56(50)33-10-14-35(64-3)15-11-33/h4-19,22-23,36-37H,20-21,24-25H2,1-3H3,(H,51,57)(H,52,58)/t36-,37-/m0/s1. The fourth-order valence-electron chi connectivity index (χ4n) is 6.92. The minimum Gasteiger partial charge on any atom is -0.497 e. The predicted molar refractivity (Wildman–Crippen MR) is 237 cm³/mol. The number of aromatic nitrogens is 2. The zero-order valence-electron chi connectivity index (χ0n) is 34.3. The quantitative estimate of drug-likeness (QED) is 0.0577. The van der Waals surface area contributed by atoms with Crippen LogP contribution in [0.3, 0.4) is 0 Å². The maximum absolute atomic E-state index is 14.2. The molecule has 0 aliphatic rings. The SMILES string of the molecule is COc1ccc(N(C)C(=O)[C@H](Cc2cc(F)cc(F)c2)NC(=O)Cn2c(=O)c(=O)n(CC(=O)N[C@@H](Cc3cc(F)cc(F)c3)C(=O)N(I)c3ccc(OC)cc3)c3ccccc32)cc1. The van der Waals surface area contributed by atoms with Gasteiger partial charge in [0.2, 0.25) is 17.7 Å². The fraction of sp³-hybridized carbons (Fsp3) is 0.200. The Labute approximate surface area is 376 Å². The first kappa shape index (κ1) is 46.5. The Morgan fingerprint density at radius 3 is 1.36 bits per heavy atom. The van der Waals surface area contributed by atoms with E-state index in [1.54, 1.807) is 71.4 Å². The summed E-state index contributed by atoms with van der Waals surface area (Å²) in [5.41, 5.74) is -1.54. The topological polar surface area (TPSA) is 161 Å². The largest absolute Gasteiger partial charge is 0.497 e. The number of nitrogens with one attached hydrogen (secondary N) is 2. The Kier molecular flexibility index (Phi) is 14.8. The highest BCUT2D eigenvalue weighted by Gasteiger charge is 2.29. The van der Waals surface area contributed by atoms with Crippen molar-refractivity contribution in [2.75, 3.05) is 29.3 Å². The van der Waals surface area contributed by atoms with Gasteiger partial charge < -0.3 is 25.0 Å². The highest BCUT2D eigenvalue weighted by atomic mass is 127. The van der Waals surface area contributed by atoms with E-state index in [1.165, 1.54) is 53.5 Å². The van der Waals surface area contributed by atoms with Crippen molar-refractivity contribution < 1.29 is 46.2 Å². The molecule has 2 atom stereocenters. The van der Waals surface area contributed by atoms with E-state index in [0.29, 0.717) is 35.0 Å². The normalized spacial score (nSPS) is 11.9. The third-order valence-corrected chi connectivity index (χ3v) is 11.0. The minimum atomic E-state index is -1.43. The molecule has 4 amide bonds. The zero-order chi connectivity index (χ0) is 46.2. The van der Waals surface area contributed by atoms with Crippen LogP contribution >= 0.6 is 22.9 Å². The van der Waals surface area contributed by atoms with Gasteiger partial charge in [0.05, 0.1) is 53.8 Å². The molecule has 0 saturated carbocycles. The van der Waals surface area contributed by atoms with Crippen LogP contribution in [0.5, 0.6) is 11.5 Å². The number of nitrogens with zero attached hydrogens (tertiary/aromatic N) is 4. The molecule has 0 aliphatic heterocycles. The van der Waals surface area contributed by atoms with Gasteiger partial charge in [-0.1, -0.05) is 12.1 Å². The average Bonchev–Trinajstić information content (AvgIpc) is 3.27. The lowest BCUT2D eigenvalue weighted by Gasteiger charge is -2.25. The number of amides is 4. The molecule has 1 aromatic heterocycles. The van der Waals surface area contributed by atoms with E-state index in [1.807, 2.05) is 0 Å². The van der Waals surface area contributed by atoms with Crippen molar-refractivity contribution in [2.24, 2.45) is 0 Å². The molecular formula is C45H39F4IN6O8. The summed E-state index contributed by atoms with van der Waals surface area (Å²) in [7, 11) is 4.36. The number of halogens is 5. The second-order valence-electron chi connectivity index (χ2n) is 14.4. The number of rotatable bonds is 16. The number of hydrogen-bond acceptors (Lipinski definition) is 8. The van der Waals surface area contributed by atoms with Gasteiger partial charge in [-0.3, -0.25) is 41.0 Å². The van der Waals surface area contributed by atoms with E-state index in [9.17, 15) is 46.3 Å². The number of hydrogen-bond donors (Lipinski definition) is 2. The molecule has 5 aromatic carbocycles. The lowest BCUT2D eigenvalue weighted by molar-refractivity contribution is -0.127. The summed E-state index contributed by atoms with van der Waals surface area (Å²) in [5.74, 6) is -5.85. The number of fused-ring (bicyclic) bond motifs is 1. The van der Waals surface area contributed by atoms with E-state index >= 15 is 0 Å². The molecule has 14 nitrogen and oxygen atoms in total. The zero-order valence-corrected chi connectivity index (χ0v) is 36.5. The Morgan fingerprint density at radius 2 is 0.969 bits per heavy atom. The van der Waals surface area contributed by atoms with Gasteiger partial charge in [-0.05, 0) is 96.1 Å². The molecular weight excluding hydrogens is 955 g/mol. The summed E-state index contributed by atoms with van der Waals surface area (Å²) >= 11 is 1.72. The van der Waals surface area contributed by atoms with Crippen molar-refractivity contribution in [1.29, 1.82) is 0 Å². The average molecular weight is 995 g/mol. The molecule has 0 saturated heterocycles. The van der Waals surface area contributed by atoms with Gasteiger partial charge in [0, 0.05) is 37.7 Å². The number of carbonyl (C=O) groups is 4. The van der Waals surface area contributed by atoms with Gasteiger partial charge in [0.1, 0.15) is 59.9 Å². The van der Waals surface area contributed by atoms with E-state index in [4.69, 9.17) is 9.47 Å². The van der Waals surface area contributed by atoms with Crippen LogP contribution in [0.1, 0.15) is 11.1 Å². The molecule has 6 aromatic rings. The van der Waals surface area contributed by atoms with Crippen LogP contribution in [-0.4, -0.2) is 66.1 Å². The molecule has 1 heterocycles. The number of methoxy groups -OCH3 is 2. The molecule has 2 N–H and O–H groups in total. The summed E-state index contributed by atoms with van der Waals surface area (Å²) in [6.07, 6.45) is -0.728. The first-order valence-electron chi connectivity index (χ1n) is 19.3. The molecule has 6 rings (SSSR count). The van der Waals surface area contributed by atoms with Gasteiger partial charge >= 0.3 is 11.1 Å². The maximum Gasteiger partial charge on any atom is 0.317 e. The summed E-state index contributed by atoms with van der Waals surface area (Å²) in [5, 5.41) is 5.09. The monoisotopic (exact) mass is 994 g/mol. The minimum absolute atomic E-state index is 0.0287. The Morgan fingerprint density at radius 1 is 0.594 bits per heavy atom. The third kappa shape index (κ3) is 11.1. The van der Waals surface area contributed by atoms with Crippen molar-refractivity contribution in [3.05, 3.63) is 164 Å². The molecule has 0 spiro atoms. The molecule has 0 fully saturated rings. The fourth-order valence-corrected chi connectivity index (χ4v) is 7.58. The van der Waals surface area contributed by atoms with Crippen LogP contribution in [0.15, 0.2) is 119 Å². The van der Waals surface area contributed by atoms with Gasteiger partial charge in [-0.2, -0.15) is 0 Å². The number of carbonyl (C=O) groups excluding carboxylic acids is 4. The Balaban J connectivity index is 1.27. The Bertz CT molecular complexity index is 2610. The van der Waals surface area contributed by atoms with E-state index in [0.717, 1.165) is 33.4 Å². The second-order valence-corrected chi connectivity index (χ2v) is 15.4. The van der Waals surface area contributed by atoms with E-state index in [-0.39, 0.29) is 35.0 Å². The summed E-state index contributed by atoms with van der Waals surface area (Å²) in [6.45, 7) is -1.60. The second kappa shape index (κ2) is 20.4. The first-order chi connectivity index (χ1) is 30.5. The van der Waals surface area contributed by atoms with Crippen LogP contribution < -0.4 is 39.2 Å². The van der Waals surface area contributed by atoms with Gasteiger partial charge in [-0.15, -0.1) is 0 Å². The van der Waals surface area contributed by atoms with Crippen LogP contribution in [0.25, 0.3) is 11.0 Å². The smallest absolute Gasteiger partial charge is 0.317 e. The van der Waals surface area contributed by atoms with Crippen molar-refractivity contribution in [3.8, 4) is 11.5 Å². The van der Waals surface area contributed by atoms with Crippen molar-refractivity contribution in [2.45, 2.75) is 38.0 Å². The van der Waals surface area contributed by atoms with Crippen LogP contribution in [0.4, 0.5) is 28.9 Å². The molecule has 332 valence electrons. The number of para-hydroxylation sites is 2. The van der Waals surface area contributed by atoms with Crippen molar-refractivity contribution in [1.82, 2.24) is 19.8 Å². The number of anilines is 2. The summed E-state index contributed by atoms with van der Waals surface area (Å²) < 4.78 is 70.1. The number of benzene rings is 5. The first-order valence-corrected chi connectivity index (χ1v) is 20.3. The van der Waals surface area contributed by atoms with Crippen molar-refractivity contribution >= 4 is 68.9 Å². The molecule has 0 bridgehead atoms. The number of ether oxygens (including phenoxy) is 2. The highest BCUT2D eigenvalue weighted by molar-refractivity contribution is 14.1. The predicted octanol–water partition coefficient (Wildman–Crippen LogP) is 5.24. The van der Waals surface area contributed by atoms with Crippen LogP contribution in [0.2, 0.25) is 0 Å². The van der Waals surface area contributed by atoms with Gasteiger partial charge in [0.25, 0.3) is 5.91 Å². The summed E-state index contributed by atoms with van der Waals surface area (Å²) in [4.78, 5) is 84.1. The van der Waals surface area contributed by atoms with Gasteiger partial charge in [-0.25, -0.2) is 17.6 Å². The van der Waals surface area contributed by atoms with Crippen molar-refractivity contribution in [3.63, 3.8) is 0 Å². The molecule has 0 aliphatic carbocycles. The van der Waals surface area contributed by atoms with Crippen LogP contribution in [0, 0.1) is 23.3 Å². The highest BCUT2D eigenvalue weighted by Crippen LogP contribution is 2.25. The molecule has 0 unspecified atom stereocenters. The third-order valence-electron chi connectivity index (χ3n) is 10.0. The van der Waals surface area contributed by atoms with E-state index in [2.05, 4.69) is 10.6 Å². The lowest BCUT2D eigenvalue weighted by atomic mass is 10.0.